The minimum Gasteiger partial charge on any atom is -0.493 e. The number of amides is 2. The number of ether oxygens (including phenoxy) is 2. The average molecular weight is 600 g/mol. The number of rotatable bonds is 17. The van der Waals surface area contributed by atoms with Gasteiger partial charge in [0.15, 0.2) is 0 Å². The van der Waals surface area contributed by atoms with Crippen LogP contribution >= 0.6 is 12.4 Å². The lowest BCUT2D eigenvalue weighted by molar-refractivity contribution is -0.134. The molecule has 236 valence electrons. The first kappa shape index (κ1) is 37.1. The number of benzene rings is 1. The van der Waals surface area contributed by atoms with Crippen LogP contribution in [0.5, 0.6) is 5.75 Å². The highest BCUT2D eigenvalue weighted by Crippen LogP contribution is 2.38. The maximum Gasteiger partial charge on any atom is 0.255 e. The molecule has 0 bridgehead atoms. The smallest absolute Gasteiger partial charge is 0.255 e. The Hall–Kier alpha value is -1.91. The Balaban J connectivity index is 0.00000840. The number of carbonyl (C=O) groups excluding carboxylic acids is 2. The number of hydrogen-bond acceptors (Lipinski definition) is 7. The van der Waals surface area contributed by atoms with Gasteiger partial charge in [-0.2, -0.15) is 0 Å². The molecule has 2 amide bonds. The number of methoxy groups -OCH3 is 1. The Kier molecular flexibility index (Phi) is 16.8. The van der Waals surface area contributed by atoms with Crippen LogP contribution in [0.25, 0.3) is 0 Å². The molecule has 3 atom stereocenters. The number of unbranched alkanes of at least 4 members (excludes halogenated alkanes) is 1. The summed E-state index contributed by atoms with van der Waals surface area (Å²) in [7, 11) is 1.67. The van der Waals surface area contributed by atoms with E-state index in [1.807, 2.05) is 26.0 Å². The number of para-hydroxylation sites is 1. The van der Waals surface area contributed by atoms with Gasteiger partial charge >= 0.3 is 0 Å². The van der Waals surface area contributed by atoms with Gasteiger partial charge in [-0.25, -0.2) is 0 Å². The molecule has 1 aromatic rings. The fourth-order valence-electron chi connectivity index (χ4n) is 5.29. The van der Waals surface area contributed by atoms with Crippen molar-refractivity contribution in [3.8, 4) is 5.75 Å². The zero-order valence-electron chi connectivity index (χ0n) is 25.6. The molecule has 0 aromatic heterocycles. The van der Waals surface area contributed by atoms with Crippen molar-refractivity contribution in [1.29, 1.82) is 0 Å². The molecule has 2 rings (SSSR count). The van der Waals surface area contributed by atoms with Crippen LogP contribution in [0.15, 0.2) is 24.3 Å². The van der Waals surface area contributed by atoms with Gasteiger partial charge in [0.2, 0.25) is 5.91 Å². The monoisotopic (exact) mass is 599 g/mol. The first-order valence-corrected chi connectivity index (χ1v) is 14.9. The summed E-state index contributed by atoms with van der Waals surface area (Å²) in [5.74, 6) is 0.692. The SMILES string of the molecule is COCCCCOc1ccccc1C(=O)NCC(CC(N)C(O)CNC(=O)C(C)(C)[C@H]1CC[C@@H](O)CC1)C(C)C.Cl. The lowest BCUT2D eigenvalue weighted by atomic mass is 9.70. The number of hydrogen-bond donors (Lipinski definition) is 5. The van der Waals surface area contributed by atoms with Crippen LogP contribution in [0.1, 0.15) is 83.0 Å². The van der Waals surface area contributed by atoms with E-state index in [1.54, 1.807) is 19.2 Å². The molecule has 1 fully saturated rings. The van der Waals surface area contributed by atoms with Crippen LogP contribution in [-0.4, -0.2) is 73.7 Å². The summed E-state index contributed by atoms with van der Waals surface area (Å²) in [6, 6.07) is 6.65. The van der Waals surface area contributed by atoms with E-state index < -0.39 is 17.6 Å². The number of aliphatic hydroxyl groups excluding tert-OH is 2. The summed E-state index contributed by atoms with van der Waals surface area (Å²) in [4.78, 5) is 26.0. The number of halogens is 1. The van der Waals surface area contributed by atoms with Gasteiger partial charge in [0.1, 0.15) is 5.75 Å². The second kappa shape index (κ2) is 18.6. The number of nitrogens with one attached hydrogen (secondary N) is 2. The van der Waals surface area contributed by atoms with Crippen LogP contribution in [0.3, 0.4) is 0 Å². The van der Waals surface area contributed by atoms with E-state index in [0.717, 1.165) is 38.5 Å². The summed E-state index contributed by atoms with van der Waals surface area (Å²) in [6.45, 7) is 9.66. The third-order valence-electron chi connectivity index (χ3n) is 8.44. The van der Waals surface area contributed by atoms with E-state index in [1.165, 1.54) is 0 Å². The van der Waals surface area contributed by atoms with Gasteiger partial charge in [-0.1, -0.05) is 39.8 Å². The van der Waals surface area contributed by atoms with E-state index in [4.69, 9.17) is 15.2 Å². The van der Waals surface area contributed by atoms with Crippen molar-refractivity contribution in [1.82, 2.24) is 10.6 Å². The van der Waals surface area contributed by atoms with E-state index in [2.05, 4.69) is 24.5 Å². The van der Waals surface area contributed by atoms with Gasteiger partial charge in [0.25, 0.3) is 5.91 Å². The highest BCUT2D eigenvalue weighted by Gasteiger charge is 2.38. The lowest BCUT2D eigenvalue weighted by Crippen LogP contribution is -2.49. The number of nitrogens with two attached hydrogens (primary N) is 1. The quantitative estimate of drug-likeness (QED) is 0.172. The maximum atomic E-state index is 13.0. The predicted molar refractivity (Wildman–Crippen MR) is 164 cm³/mol. The second-order valence-corrected chi connectivity index (χ2v) is 12.2. The highest BCUT2D eigenvalue weighted by molar-refractivity contribution is 5.96. The summed E-state index contributed by atoms with van der Waals surface area (Å²) in [5, 5.41) is 26.5. The van der Waals surface area contributed by atoms with Crippen molar-refractivity contribution < 1.29 is 29.3 Å². The molecule has 1 aliphatic carbocycles. The normalized spacial score (nSPS) is 19.5. The molecule has 1 aromatic carbocycles. The molecule has 0 heterocycles. The Morgan fingerprint density at radius 3 is 2.32 bits per heavy atom. The van der Waals surface area contributed by atoms with Gasteiger partial charge in [-0.05, 0) is 74.8 Å². The Bertz CT molecular complexity index is 908. The summed E-state index contributed by atoms with van der Waals surface area (Å²) in [5.41, 5.74) is 6.27. The lowest BCUT2D eigenvalue weighted by Gasteiger charge is -2.37. The van der Waals surface area contributed by atoms with Crippen LogP contribution in [0.4, 0.5) is 0 Å². The van der Waals surface area contributed by atoms with Crippen LogP contribution in [-0.2, 0) is 9.53 Å². The molecule has 10 heteroatoms. The van der Waals surface area contributed by atoms with Gasteiger partial charge in [-0.3, -0.25) is 9.59 Å². The third kappa shape index (κ3) is 12.1. The molecule has 1 aliphatic rings. The Labute approximate surface area is 252 Å². The molecule has 3 unspecified atom stereocenters. The average Bonchev–Trinajstić information content (AvgIpc) is 2.93. The van der Waals surface area contributed by atoms with E-state index >= 15 is 0 Å². The molecule has 0 spiro atoms. The van der Waals surface area contributed by atoms with Gasteiger partial charge in [0.05, 0.1) is 24.4 Å². The predicted octanol–water partition coefficient (Wildman–Crippen LogP) is 3.69. The topological polar surface area (TPSA) is 143 Å². The van der Waals surface area contributed by atoms with Crippen molar-refractivity contribution in [2.45, 2.75) is 90.9 Å². The summed E-state index contributed by atoms with van der Waals surface area (Å²) >= 11 is 0. The Morgan fingerprint density at radius 2 is 1.68 bits per heavy atom. The third-order valence-corrected chi connectivity index (χ3v) is 8.44. The molecule has 1 saturated carbocycles. The summed E-state index contributed by atoms with van der Waals surface area (Å²) < 4.78 is 10.9. The van der Waals surface area contributed by atoms with Crippen LogP contribution in [0.2, 0.25) is 0 Å². The largest absolute Gasteiger partial charge is 0.493 e. The molecule has 41 heavy (non-hydrogen) atoms. The molecular weight excluding hydrogens is 546 g/mol. The minimum absolute atomic E-state index is 0. The number of aliphatic hydroxyl groups is 2. The first-order valence-electron chi connectivity index (χ1n) is 14.9. The van der Waals surface area contributed by atoms with Crippen molar-refractivity contribution >= 4 is 24.2 Å². The zero-order chi connectivity index (χ0) is 29.7. The molecule has 6 N–H and O–H groups in total. The van der Waals surface area contributed by atoms with E-state index in [-0.39, 0.29) is 54.6 Å². The van der Waals surface area contributed by atoms with Crippen LogP contribution in [0, 0.1) is 23.2 Å². The van der Waals surface area contributed by atoms with Crippen molar-refractivity contribution in [3.63, 3.8) is 0 Å². The van der Waals surface area contributed by atoms with Crippen LogP contribution < -0.4 is 21.1 Å². The second-order valence-electron chi connectivity index (χ2n) is 12.2. The van der Waals surface area contributed by atoms with Gasteiger partial charge < -0.3 is 36.1 Å². The standard InChI is InChI=1S/C31H53N3O6.ClH/c1-21(2)22(19-33-29(37)25-10-6-7-11-28(25)40-17-9-8-16-39-5)18-26(32)27(36)20-34-30(38)31(3,4)23-12-14-24(35)15-13-23;/h6-7,10-11,21-24,26-27,35-36H,8-9,12-20,32H2,1-5H3,(H,33,37)(H,34,38);1H/t22?,23-,24+,26?,27?;. The highest BCUT2D eigenvalue weighted by atomic mass is 35.5. The molecule has 0 aliphatic heterocycles. The van der Waals surface area contributed by atoms with Gasteiger partial charge in [0, 0.05) is 38.3 Å². The number of carbonyl (C=O) groups is 2. The zero-order valence-corrected chi connectivity index (χ0v) is 26.4. The maximum absolute atomic E-state index is 13.0. The molecule has 0 radical (unpaired) electrons. The van der Waals surface area contributed by atoms with Gasteiger partial charge in [-0.15, -0.1) is 12.4 Å². The molecular formula is C31H54ClN3O6. The van der Waals surface area contributed by atoms with Crippen molar-refractivity contribution in [2.24, 2.45) is 28.9 Å². The first-order chi connectivity index (χ1) is 19.0. The summed E-state index contributed by atoms with van der Waals surface area (Å²) in [6.07, 6.45) is 4.11. The van der Waals surface area contributed by atoms with E-state index in [0.29, 0.717) is 37.5 Å². The minimum atomic E-state index is -0.905. The molecule has 9 nitrogen and oxygen atoms in total. The van der Waals surface area contributed by atoms with Crippen molar-refractivity contribution in [2.75, 3.05) is 33.4 Å². The van der Waals surface area contributed by atoms with E-state index in [9.17, 15) is 19.8 Å². The fraction of sp³-hybridized carbons (Fsp3) is 0.742. The fourth-order valence-corrected chi connectivity index (χ4v) is 5.29. The van der Waals surface area contributed by atoms with Crippen molar-refractivity contribution in [3.05, 3.63) is 29.8 Å². The Morgan fingerprint density at radius 1 is 1.05 bits per heavy atom. The molecule has 0 saturated heterocycles.